The molecule has 20 heavy (non-hydrogen) atoms. The predicted molar refractivity (Wildman–Crippen MR) is 73.1 cm³/mol. The second kappa shape index (κ2) is 4.63. The molecule has 4 rings (SSSR count). The van der Waals surface area contributed by atoms with Crippen LogP contribution in [0.1, 0.15) is 34.9 Å². The van der Waals surface area contributed by atoms with Crippen molar-refractivity contribution in [1.82, 2.24) is 15.1 Å². The second-order valence-electron chi connectivity index (χ2n) is 5.70. The van der Waals surface area contributed by atoms with Gasteiger partial charge in [-0.05, 0) is 34.7 Å². The van der Waals surface area contributed by atoms with Crippen LogP contribution in [0.3, 0.4) is 0 Å². The Balaban J connectivity index is 1.52. The Labute approximate surface area is 119 Å². The number of hydrogen-bond donors (Lipinski definition) is 1. The van der Waals surface area contributed by atoms with Crippen molar-refractivity contribution in [3.05, 3.63) is 39.3 Å². The zero-order valence-electron chi connectivity index (χ0n) is 10.9. The molecule has 0 amide bonds. The fourth-order valence-electron chi connectivity index (χ4n) is 3.62. The summed E-state index contributed by atoms with van der Waals surface area (Å²) in [6, 6.07) is 2.15. The van der Waals surface area contributed by atoms with Crippen LogP contribution in [-0.2, 0) is 13.0 Å². The van der Waals surface area contributed by atoms with Gasteiger partial charge in [-0.1, -0.05) is 0 Å². The summed E-state index contributed by atoms with van der Waals surface area (Å²) in [5, 5.41) is 10.9. The third-order valence-corrected chi connectivity index (χ3v) is 5.21. The number of nitrogens with zero attached hydrogens (tertiary/aromatic N) is 2. The van der Waals surface area contributed by atoms with Gasteiger partial charge in [-0.25, -0.2) is 8.78 Å². The third kappa shape index (κ3) is 1.90. The average Bonchev–Trinajstić information content (AvgIpc) is 3.10. The highest BCUT2D eigenvalue weighted by Gasteiger charge is 2.43. The van der Waals surface area contributed by atoms with Gasteiger partial charge >= 0.3 is 0 Å². The molecule has 1 N–H and O–H groups in total. The largest absolute Gasteiger partial charge is 0.298 e. The van der Waals surface area contributed by atoms with E-state index in [0.717, 1.165) is 37.3 Å². The summed E-state index contributed by atoms with van der Waals surface area (Å²) in [4.78, 5) is 2.42. The summed E-state index contributed by atoms with van der Waals surface area (Å²) in [5.41, 5.74) is 3.05. The lowest BCUT2D eigenvalue weighted by molar-refractivity contribution is 0.144. The maximum atomic E-state index is 12.9. The molecule has 2 aliphatic rings. The van der Waals surface area contributed by atoms with Crippen LogP contribution in [0.4, 0.5) is 8.78 Å². The van der Waals surface area contributed by atoms with Crippen LogP contribution in [0.15, 0.2) is 16.8 Å². The van der Waals surface area contributed by atoms with E-state index in [0.29, 0.717) is 11.8 Å². The van der Waals surface area contributed by atoms with Gasteiger partial charge < -0.3 is 0 Å². The van der Waals surface area contributed by atoms with Crippen molar-refractivity contribution in [2.45, 2.75) is 25.3 Å². The zero-order valence-corrected chi connectivity index (χ0v) is 11.7. The monoisotopic (exact) mass is 295 g/mol. The number of thiophene rings is 1. The topological polar surface area (TPSA) is 31.9 Å². The Bertz CT molecular complexity index is 608. The van der Waals surface area contributed by atoms with Crippen LogP contribution >= 0.6 is 11.3 Å². The molecule has 0 spiro atoms. The van der Waals surface area contributed by atoms with Crippen LogP contribution in [0.25, 0.3) is 0 Å². The lowest BCUT2D eigenvalue weighted by Gasteiger charge is -2.15. The van der Waals surface area contributed by atoms with Gasteiger partial charge in [0.2, 0.25) is 0 Å². The van der Waals surface area contributed by atoms with E-state index < -0.39 is 6.43 Å². The maximum absolute atomic E-state index is 12.9. The zero-order chi connectivity index (χ0) is 13.7. The fourth-order valence-corrected chi connectivity index (χ4v) is 4.28. The predicted octanol–water partition coefficient (Wildman–Crippen LogP) is 3.18. The molecular formula is C14H15F2N3S. The minimum atomic E-state index is -2.46. The van der Waals surface area contributed by atoms with Gasteiger partial charge in [0.25, 0.3) is 6.43 Å². The lowest BCUT2D eigenvalue weighted by Crippen LogP contribution is -2.21. The Morgan fingerprint density at radius 1 is 1.45 bits per heavy atom. The second-order valence-corrected chi connectivity index (χ2v) is 6.48. The van der Waals surface area contributed by atoms with E-state index in [4.69, 9.17) is 0 Å². The molecular weight excluding hydrogens is 280 g/mol. The van der Waals surface area contributed by atoms with Crippen molar-refractivity contribution in [1.29, 1.82) is 0 Å². The summed E-state index contributed by atoms with van der Waals surface area (Å²) >= 11 is 1.71. The molecule has 0 bridgehead atoms. The van der Waals surface area contributed by atoms with Crippen molar-refractivity contribution in [2.75, 3.05) is 13.1 Å². The molecule has 1 aliphatic carbocycles. The molecule has 0 saturated carbocycles. The van der Waals surface area contributed by atoms with E-state index in [2.05, 4.69) is 31.9 Å². The van der Waals surface area contributed by atoms with Crippen molar-refractivity contribution >= 4 is 11.3 Å². The first-order valence-corrected chi connectivity index (χ1v) is 7.75. The van der Waals surface area contributed by atoms with Gasteiger partial charge in [0.15, 0.2) is 0 Å². The van der Waals surface area contributed by atoms with Crippen molar-refractivity contribution in [3.63, 3.8) is 0 Å². The van der Waals surface area contributed by atoms with Crippen molar-refractivity contribution in [3.8, 4) is 0 Å². The first-order valence-electron chi connectivity index (χ1n) is 6.81. The first kappa shape index (κ1) is 12.5. The third-order valence-electron chi connectivity index (χ3n) is 4.48. The molecule has 1 aliphatic heterocycles. The van der Waals surface area contributed by atoms with Gasteiger partial charge in [0.1, 0.15) is 5.69 Å². The summed E-state index contributed by atoms with van der Waals surface area (Å²) in [6.45, 7) is 2.89. The summed E-state index contributed by atoms with van der Waals surface area (Å²) in [6.07, 6.45) is -1.72. The Hall–Kier alpha value is -1.27. The highest BCUT2D eigenvalue weighted by atomic mass is 32.1. The summed E-state index contributed by atoms with van der Waals surface area (Å²) in [7, 11) is 0. The van der Waals surface area contributed by atoms with E-state index in [9.17, 15) is 8.78 Å². The van der Waals surface area contributed by atoms with E-state index in [1.54, 1.807) is 11.3 Å². The molecule has 6 heteroatoms. The number of aromatic nitrogens is 2. The highest BCUT2D eigenvalue weighted by Crippen LogP contribution is 2.44. The standard InChI is InChI=1S/C14H15F2N3S/c15-14(16)13-10-3-9-5-19(4-8-1-2-20-7-8)6-11(9)12(10)17-18-13/h1-2,7,9,11,14H,3-6H2,(H,17,18)/t9-,11+/m1/s1. The average molecular weight is 295 g/mol. The minimum absolute atomic E-state index is 0.0289. The molecule has 3 heterocycles. The molecule has 2 aromatic rings. The molecule has 1 saturated heterocycles. The first-order chi connectivity index (χ1) is 9.72. The number of fused-ring (bicyclic) bond motifs is 3. The Morgan fingerprint density at radius 2 is 2.35 bits per heavy atom. The van der Waals surface area contributed by atoms with E-state index in [1.807, 2.05) is 0 Å². The smallest absolute Gasteiger partial charge is 0.282 e. The quantitative estimate of drug-likeness (QED) is 0.943. The number of H-pyrrole nitrogens is 1. The van der Waals surface area contributed by atoms with Gasteiger partial charge in [-0.15, -0.1) is 0 Å². The number of halogens is 2. The van der Waals surface area contributed by atoms with Crippen LogP contribution in [0.2, 0.25) is 0 Å². The van der Waals surface area contributed by atoms with Crippen molar-refractivity contribution in [2.24, 2.45) is 5.92 Å². The normalized spacial score (nSPS) is 25.4. The van der Waals surface area contributed by atoms with Gasteiger partial charge in [-0.2, -0.15) is 16.4 Å². The van der Waals surface area contributed by atoms with Gasteiger partial charge in [0, 0.05) is 36.8 Å². The minimum Gasteiger partial charge on any atom is -0.298 e. The number of nitrogens with one attached hydrogen (secondary N) is 1. The number of alkyl halides is 2. The molecule has 106 valence electrons. The van der Waals surface area contributed by atoms with Crippen LogP contribution in [0, 0.1) is 5.92 Å². The molecule has 0 unspecified atom stereocenters. The fraction of sp³-hybridized carbons (Fsp3) is 0.500. The number of hydrogen-bond acceptors (Lipinski definition) is 3. The Kier molecular flexibility index (Phi) is 2.89. The van der Waals surface area contributed by atoms with E-state index >= 15 is 0 Å². The molecule has 0 radical (unpaired) electrons. The molecule has 0 aromatic carbocycles. The molecule has 2 aromatic heterocycles. The SMILES string of the molecule is FC(F)c1n[nH]c2c1C[C@@H]1CN(Cc3ccsc3)C[C@H]21. The number of aromatic amines is 1. The molecule has 3 nitrogen and oxygen atoms in total. The Morgan fingerprint density at radius 3 is 3.10 bits per heavy atom. The molecule has 1 fully saturated rings. The summed E-state index contributed by atoms with van der Waals surface area (Å²) < 4.78 is 25.7. The van der Waals surface area contributed by atoms with E-state index in [-0.39, 0.29) is 5.69 Å². The number of likely N-dealkylation sites (tertiary alicyclic amines) is 1. The lowest BCUT2D eigenvalue weighted by atomic mass is 9.99. The van der Waals surface area contributed by atoms with E-state index in [1.165, 1.54) is 5.56 Å². The number of rotatable bonds is 3. The van der Waals surface area contributed by atoms with Crippen LogP contribution in [-0.4, -0.2) is 28.2 Å². The summed E-state index contributed by atoms with van der Waals surface area (Å²) in [5.74, 6) is 0.819. The maximum Gasteiger partial charge on any atom is 0.282 e. The van der Waals surface area contributed by atoms with Crippen molar-refractivity contribution < 1.29 is 8.78 Å². The highest BCUT2D eigenvalue weighted by molar-refractivity contribution is 7.07. The van der Waals surface area contributed by atoms with Gasteiger partial charge in [-0.3, -0.25) is 10.00 Å². The van der Waals surface area contributed by atoms with Crippen LogP contribution in [0.5, 0.6) is 0 Å². The molecule has 2 atom stereocenters. The van der Waals surface area contributed by atoms with Gasteiger partial charge in [0.05, 0.1) is 0 Å². The van der Waals surface area contributed by atoms with Crippen LogP contribution < -0.4 is 0 Å².